The number of nitrogens with zero attached hydrogens (tertiary/aromatic N) is 1. The Morgan fingerprint density at radius 2 is 1.50 bits per heavy atom. The van der Waals surface area contributed by atoms with Crippen LogP contribution in [0, 0.1) is 0 Å². The number of aliphatic imine (C=N–C) groups is 1. The van der Waals surface area contributed by atoms with Gasteiger partial charge in [-0.3, -0.25) is 4.79 Å². The van der Waals surface area contributed by atoms with Crippen molar-refractivity contribution < 1.29 is 39.5 Å². The molecular weight excluding hydrogens is 373 g/mol. The Labute approximate surface area is 143 Å². The Bertz CT molecular complexity index is 538. The summed E-state index contributed by atoms with van der Waals surface area (Å²) in [7, 11) is 0. The Kier molecular flexibility index (Phi) is 6.01. The molecule has 0 fully saturated rings. The Morgan fingerprint density at radius 1 is 1.00 bits per heavy atom. The van der Waals surface area contributed by atoms with Gasteiger partial charge in [0, 0.05) is 8.95 Å². The van der Waals surface area contributed by atoms with E-state index >= 15 is 0 Å². The van der Waals surface area contributed by atoms with Gasteiger partial charge in [-0.15, -0.1) is 0 Å². The maximum Gasteiger partial charge on any atom is 1.00 e. The fourth-order valence-electron chi connectivity index (χ4n) is 1.28. The number of carbonyl (C=O) groups excluding carboxylic acids is 1. The third-order valence-corrected chi connectivity index (χ3v) is 3.26. The van der Waals surface area contributed by atoms with Gasteiger partial charge in [0.1, 0.15) is 0 Å². The molecule has 3 nitrogen and oxygen atoms in total. The van der Waals surface area contributed by atoms with Crippen molar-refractivity contribution >= 4 is 49.0 Å². The molecular formula is C12H6Br2NNaO2. The smallest absolute Gasteiger partial charge is 0.871 e. The minimum absolute atomic E-state index is 0. The molecule has 0 radical (unpaired) electrons. The van der Waals surface area contributed by atoms with Crippen LogP contribution in [-0.4, -0.2) is 11.5 Å². The molecule has 0 amide bonds. The van der Waals surface area contributed by atoms with Crippen LogP contribution in [0.25, 0.3) is 0 Å². The molecule has 0 unspecified atom stereocenters. The number of benzene rings is 1. The minimum atomic E-state index is -0.112. The molecule has 1 aromatic carbocycles. The molecule has 18 heavy (non-hydrogen) atoms. The van der Waals surface area contributed by atoms with Crippen molar-refractivity contribution in [1.29, 1.82) is 0 Å². The van der Waals surface area contributed by atoms with Gasteiger partial charge in [0.05, 0.1) is 11.4 Å². The van der Waals surface area contributed by atoms with E-state index in [9.17, 15) is 9.90 Å². The van der Waals surface area contributed by atoms with Crippen molar-refractivity contribution in [2.45, 2.75) is 0 Å². The van der Waals surface area contributed by atoms with Gasteiger partial charge in [-0.05, 0) is 36.4 Å². The summed E-state index contributed by atoms with van der Waals surface area (Å²) in [5.74, 6) is -0.167. The van der Waals surface area contributed by atoms with Crippen molar-refractivity contribution in [1.82, 2.24) is 0 Å². The molecule has 0 saturated carbocycles. The standard InChI is InChI=1S/C12H7Br2NO2.Na/c13-10-5-8(6-11(14)12(10)17)15-7-1-3-9(16)4-2-7;/h1-6,17H;/q;+1/p-1. The third-order valence-electron chi connectivity index (χ3n) is 2.08. The predicted molar refractivity (Wildman–Crippen MR) is 71.7 cm³/mol. The van der Waals surface area contributed by atoms with Gasteiger partial charge < -0.3 is 5.11 Å². The average molecular weight is 379 g/mol. The average Bonchev–Trinajstić information content (AvgIpc) is 2.29. The molecule has 86 valence electrons. The number of halogens is 2. The number of carbonyl (C=O) groups is 1. The molecule has 0 spiro atoms. The van der Waals surface area contributed by atoms with Gasteiger partial charge in [0.25, 0.3) is 0 Å². The van der Waals surface area contributed by atoms with E-state index in [4.69, 9.17) is 0 Å². The van der Waals surface area contributed by atoms with Crippen LogP contribution in [0.2, 0.25) is 0 Å². The monoisotopic (exact) mass is 377 g/mol. The van der Waals surface area contributed by atoms with Crippen molar-refractivity contribution in [3.8, 4) is 5.75 Å². The van der Waals surface area contributed by atoms with E-state index in [-0.39, 0.29) is 41.1 Å². The second kappa shape index (κ2) is 6.82. The zero-order valence-electron chi connectivity index (χ0n) is 9.48. The summed E-state index contributed by atoms with van der Waals surface area (Å²) >= 11 is 6.34. The van der Waals surface area contributed by atoms with E-state index in [1.807, 2.05) is 0 Å². The second-order valence-corrected chi connectivity index (χ2v) is 5.05. The summed E-state index contributed by atoms with van der Waals surface area (Å²) in [5.41, 5.74) is 1.31. The summed E-state index contributed by atoms with van der Waals surface area (Å²) in [5, 5.41) is 11.4. The van der Waals surface area contributed by atoms with E-state index in [2.05, 4.69) is 36.9 Å². The van der Waals surface area contributed by atoms with Gasteiger partial charge in [0.15, 0.2) is 5.78 Å². The van der Waals surface area contributed by atoms with E-state index in [0.29, 0.717) is 20.3 Å². The van der Waals surface area contributed by atoms with E-state index in [1.54, 1.807) is 24.3 Å². The fourth-order valence-corrected chi connectivity index (χ4v) is 2.44. The number of hydrogen-bond donors (Lipinski definition) is 0. The van der Waals surface area contributed by atoms with Crippen LogP contribution >= 0.6 is 31.9 Å². The number of hydrogen-bond acceptors (Lipinski definition) is 3. The van der Waals surface area contributed by atoms with Crippen LogP contribution in [0.3, 0.4) is 0 Å². The quantitative estimate of drug-likeness (QED) is 0.512. The summed E-state index contributed by atoms with van der Waals surface area (Å²) in [4.78, 5) is 15.2. The van der Waals surface area contributed by atoms with Crippen molar-refractivity contribution in [3.63, 3.8) is 0 Å². The molecule has 1 aliphatic rings. The minimum Gasteiger partial charge on any atom is -0.871 e. The second-order valence-electron chi connectivity index (χ2n) is 3.34. The van der Waals surface area contributed by atoms with Crippen molar-refractivity contribution in [3.05, 3.63) is 45.4 Å². The van der Waals surface area contributed by atoms with E-state index < -0.39 is 0 Å². The first-order chi connectivity index (χ1) is 8.06. The Balaban J connectivity index is 0.00000162. The normalized spacial score (nSPS) is 13.4. The molecule has 1 aromatic rings. The molecule has 0 atom stereocenters. The first-order valence-electron chi connectivity index (χ1n) is 4.71. The first-order valence-corrected chi connectivity index (χ1v) is 6.30. The zero-order chi connectivity index (χ0) is 12.4. The van der Waals surface area contributed by atoms with E-state index in [0.717, 1.165) is 0 Å². The molecule has 0 saturated heterocycles. The number of rotatable bonds is 1. The van der Waals surface area contributed by atoms with Gasteiger partial charge in [-0.25, -0.2) is 4.99 Å². The largest absolute Gasteiger partial charge is 1.00 e. The molecule has 0 bridgehead atoms. The molecule has 0 heterocycles. The number of ketones is 1. The first kappa shape index (κ1) is 15.9. The SMILES string of the molecule is O=C1C=CC(=Nc2cc(Br)c([O-])c(Br)c2)C=C1.[Na+]. The summed E-state index contributed by atoms with van der Waals surface area (Å²) < 4.78 is 0.900. The van der Waals surface area contributed by atoms with Gasteiger partial charge in [0.2, 0.25) is 0 Å². The van der Waals surface area contributed by atoms with E-state index in [1.165, 1.54) is 12.2 Å². The van der Waals surface area contributed by atoms with Gasteiger partial charge in [-0.1, -0.05) is 37.6 Å². The molecule has 0 aliphatic heterocycles. The summed E-state index contributed by atoms with van der Waals surface area (Å²) in [6.07, 6.45) is 6.17. The van der Waals surface area contributed by atoms with Crippen molar-refractivity contribution in [2.24, 2.45) is 4.99 Å². The zero-order valence-corrected chi connectivity index (χ0v) is 14.7. The maximum absolute atomic E-state index is 11.4. The van der Waals surface area contributed by atoms with Gasteiger partial charge >= 0.3 is 29.6 Å². The summed E-state index contributed by atoms with van der Waals surface area (Å²) in [6, 6.07) is 3.27. The van der Waals surface area contributed by atoms with Crippen LogP contribution in [0.15, 0.2) is 50.4 Å². The van der Waals surface area contributed by atoms with Gasteiger partial charge in [-0.2, -0.15) is 0 Å². The predicted octanol–water partition coefficient (Wildman–Crippen LogP) is 0.0568. The number of allylic oxidation sites excluding steroid dienone is 4. The fraction of sp³-hybridized carbons (Fsp3) is 0. The molecule has 6 heteroatoms. The molecule has 1 aliphatic carbocycles. The van der Waals surface area contributed by atoms with Crippen LogP contribution in [0.5, 0.6) is 5.75 Å². The van der Waals surface area contributed by atoms with Crippen LogP contribution in [0.1, 0.15) is 0 Å². The van der Waals surface area contributed by atoms with Crippen LogP contribution in [-0.2, 0) is 4.79 Å². The Morgan fingerprint density at radius 3 is 2.00 bits per heavy atom. The third kappa shape index (κ3) is 3.90. The van der Waals surface area contributed by atoms with Crippen molar-refractivity contribution in [2.75, 3.05) is 0 Å². The topological polar surface area (TPSA) is 52.5 Å². The molecule has 0 aromatic heterocycles. The molecule has 0 N–H and O–H groups in total. The van der Waals surface area contributed by atoms with Crippen LogP contribution in [0.4, 0.5) is 5.69 Å². The Hall–Kier alpha value is -0.200. The summed E-state index contributed by atoms with van der Waals surface area (Å²) in [6.45, 7) is 0. The van der Waals surface area contributed by atoms with Crippen LogP contribution < -0.4 is 34.7 Å². The molecule has 2 rings (SSSR count). The maximum atomic E-state index is 11.4.